The Balaban J connectivity index is 2.46. The molecule has 18 heavy (non-hydrogen) atoms. The van der Waals surface area contributed by atoms with E-state index in [1.54, 1.807) is 6.92 Å². The summed E-state index contributed by atoms with van der Waals surface area (Å²) in [7, 11) is 3.80. The third-order valence-electron chi connectivity index (χ3n) is 2.26. The number of thiazole rings is 1. The predicted molar refractivity (Wildman–Crippen MR) is 68.8 cm³/mol. The molecule has 0 aliphatic heterocycles. The summed E-state index contributed by atoms with van der Waals surface area (Å²) in [5.41, 5.74) is 0.491. The first kappa shape index (κ1) is 14.6. The number of amides is 1. The van der Waals surface area contributed by atoms with Crippen LogP contribution in [0.3, 0.4) is 0 Å². The largest absolute Gasteiger partial charge is 0.477 e. The van der Waals surface area contributed by atoms with Gasteiger partial charge < -0.3 is 15.3 Å². The molecule has 1 rings (SSSR count). The smallest absolute Gasteiger partial charge is 0.347 e. The van der Waals surface area contributed by atoms with Crippen molar-refractivity contribution >= 4 is 23.2 Å². The molecule has 0 aromatic carbocycles. The van der Waals surface area contributed by atoms with Crippen molar-refractivity contribution in [2.75, 3.05) is 20.6 Å². The fraction of sp³-hybridized carbons (Fsp3) is 0.545. The molecule has 0 aliphatic carbocycles. The molecule has 0 aliphatic rings. The van der Waals surface area contributed by atoms with Gasteiger partial charge >= 0.3 is 5.97 Å². The number of nitrogens with zero attached hydrogens (tertiary/aromatic N) is 2. The van der Waals surface area contributed by atoms with Gasteiger partial charge in [0.05, 0.1) is 12.2 Å². The van der Waals surface area contributed by atoms with Crippen molar-refractivity contribution in [1.29, 1.82) is 0 Å². The normalized spacial score (nSPS) is 10.7. The summed E-state index contributed by atoms with van der Waals surface area (Å²) in [4.78, 5) is 28.6. The van der Waals surface area contributed by atoms with Gasteiger partial charge in [0.25, 0.3) is 0 Å². The van der Waals surface area contributed by atoms with E-state index < -0.39 is 5.97 Å². The number of carbonyl (C=O) groups is 2. The number of hydrogen-bond donors (Lipinski definition) is 2. The highest BCUT2D eigenvalue weighted by atomic mass is 32.1. The molecule has 1 heterocycles. The van der Waals surface area contributed by atoms with Crippen molar-refractivity contribution < 1.29 is 14.7 Å². The monoisotopic (exact) mass is 271 g/mol. The number of rotatable bonds is 6. The van der Waals surface area contributed by atoms with Gasteiger partial charge in [-0.05, 0) is 21.0 Å². The fourth-order valence-corrected chi connectivity index (χ4v) is 2.16. The number of hydrogen-bond acceptors (Lipinski definition) is 5. The first-order valence-electron chi connectivity index (χ1n) is 5.51. The average molecular weight is 271 g/mol. The van der Waals surface area contributed by atoms with Crippen molar-refractivity contribution in [1.82, 2.24) is 15.2 Å². The SMILES string of the molecule is Cc1nc(CNC(=O)CCN(C)C)sc1C(=O)O. The molecule has 0 fully saturated rings. The molecule has 100 valence electrons. The Morgan fingerprint density at radius 3 is 2.61 bits per heavy atom. The molecule has 6 nitrogen and oxygen atoms in total. The predicted octanol–water partition coefficient (Wildman–Crippen LogP) is 0.718. The van der Waals surface area contributed by atoms with E-state index in [1.807, 2.05) is 19.0 Å². The zero-order chi connectivity index (χ0) is 13.7. The molecule has 0 bridgehead atoms. The Hall–Kier alpha value is -1.47. The van der Waals surface area contributed by atoms with Crippen LogP contribution in [0.1, 0.15) is 26.8 Å². The Labute approximate surface area is 110 Å². The highest BCUT2D eigenvalue weighted by Crippen LogP contribution is 2.17. The molecule has 0 unspecified atom stereocenters. The van der Waals surface area contributed by atoms with Crippen LogP contribution in [0.15, 0.2) is 0 Å². The van der Waals surface area contributed by atoms with Gasteiger partial charge in [0.2, 0.25) is 5.91 Å². The van der Waals surface area contributed by atoms with Crippen LogP contribution >= 0.6 is 11.3 Å². The second-order valence-electron chi connectivity index (χ2n) is 4.16. The Morgan fingerprint density at radius 2 is 2.11 bits per heavy atom. The van der Waals surface area contributed by atoms with E-state index in [1.165, 1.54) is 0 Å². The van der Waals surface area contributed by atoms with Crippen LogP contribution in [-0.2, 0) is 11.3 Å². The average Bonchev–Trinajstić information content (AvgIpc) is 2.65. The first-order chi connectivity index (χ1) is 8.40. The quantitative estimate of drug-likeness (QED) is 0.796. The van der Waals surface area contributed by atoms with E-state index in [9.17, 15) is 9.59 Å². The van der Waals surface area contributed by atoms with Crippen molar-refractivity contribution in [2.45, 2.75) is 19.9 Å². The van der Waals surface area contributed by atoms with Crippen molar-refractivity contribution in [3.05, 3.63) is 15.6 Å². The van der Waals surface area contributed by atoms with Gasteiger partial charge in [0, 0.05) is 13.0 Å². The number of carboxylic acid groups (broad SMARTS) is 1. The van der Waals surface area contributed by atoms with Crippen LogP contribution in [-0.4, -0.2) is 47.5 Å². The highest BCUT2D eigenvalue weighted by molar-refractivity contribution is 7.13. The standard InChI is InChI=1S/C11H17N3O3S/c1-7-10(11(16)17)18-9(13-7)6-12-8(15)4-5-14(2)3/h4-6H2,1-3H3,(H,12,15)(H,16,17). The summed E-state index contributed by atoms with van der Waals surface area (Å²) in [6.45, 7) is 2.62. The van der Waals surface area contributed by atoms with Crippen molar-refractivity contribution in [3.63, 3.8) is 0 Å². The van der Waals surface area contributed by atoms with Gasteiger partial charge in [-0.25, -0.2) is 9.78 Å². The number of carboxylic acids is 1. The van der Waals surface area contributed by atoms with Gasteiger partial charge in [0.15, 0.2) is 0 Å². The molecule has 1 aromatic rings. The number of aromatic carboxylic acids is 1. The Kier molecular flexibility index (Phi) is 5.24. The summed E-state index contributed by atoms with van der Waals surface area (Å²) in [5.74, 6) is -1.04. The van der Waals surface area contributed by atoms with Crippen LogP contribution in [0.2, 0.25) is 0 Å². The van der Waals surface area contributed by atoms with E-state index in [2.05, 4.69) is 10.3 Å². The first-order valence-corrected chi connectivity index (χ1v) is 6.33. The van der Waals surface area contributed by atoms with Crippen LogP contribution in [0.4, 0.5) is 0 Å². The topological polar surface area (TPSA) is 82.5 Å². The highest BCUT2D eigenvalue weighted by Gasteiger charge is 2.14. The maximum absolute atomic E-state index is 11.5. The number of aromatic nitrogens is 1. The third-order valence-corrected chi connectivity index (χ3v) is 3.40. The molecule has 7 heteroatoms. The fourth-order valence-electron chi connectivity index (χ4n) is 1.31. The lowest BCUT2D eigenvalue weighted by Gasteiger charge is -2.08. The zero-order valence-corrected chi connectivity index (χ0v) is 11.5. The zero-order valence-electron chi connectivity index (χ0n) is 10.7. The number of carbonyl (C=O) groups excluding carboxylic acids is 1. The summed E-state index contributed by atoms with van der Waals surface area (Å²) >= 11 is 1.10. The molecule has 2 N–H and O–H groups in total. The molecular formula is C11H17N3O3S. The lowest BCUT2D eigenvalue weighted by Crippen LogP contribution is -2.26. The molecule has 0 radical (unpaired) electrons. The summed E-state index contributed by atoms with van der Waals surface area (Å²) in [6, 6.07) is 0. The molecule has 0 atom stereocenters. The van der Waals surface area contributed by atoms with Gasteiger partial charge in [-0.1, -0.05) is 0 Å². The van der Waals surface area contributed by atoms with E-state index in [0.29, 0.717) is 23.7 Å². The molecule has 1 amide bonds. The number of nitrogens with one attached hydrogen (secondary N) is 1. The summed E-state index contributed by atoms with van der Waals surface area (Å²) < 4.78 is 0. The molecule has 1 aromatic heterocycles. The summed E-state index contributed by atoms with van der Waals surface area (Å²) in [5, 5.41) is 12.2. The lowest BCUT2D eigenvalue weighted by molar-refractivity contribution is -0.121. The van der Waals surface area contributed by atoms with Crippen LogP contribution in [0.5, 0.6) is 0 Å². The minimum Gasteiger partial charge on any atom is -0.477 e. The van der Waals surface area contributed by atoms with Crippen molar-refractivity contribution in [2.24, 2.45) is 0 Å². The lowest BCUT2D eigenvalue weighted by atomic mass is 10.4. The molecule has 0 spiro atoms. The van der Waals surface area contributed by atoms with Crippen molar-refractivity contribution in [3.8, 4) is 0 Å². The summed E-state index contributed by atoms with van der Waals surface area (Å²) in [6.07, 6.45) is 0.420. The second-order valence-corrected chi connectivity index (χ2v) is 5.24. The third kappa shape index (κ3) is 4.42. The van der Waals surface area contributed by atoms with E-state index in [-0.39, 0.29) is 17.3 Å². The minimum absolute atomic E-state index is 0.0616. The van der Waals surface area contributed by atoms with Gasteiger partial charge in [0.1, 0.15) is 9.88 Å². The van der Waals surface area contributed by atoms with Gasteiger partial charge in [-0.15, -0.1) is 11.3 Å². The van der Waals surface area contributed by atoms with E-state index in [0.717, 1.165) is 11.3 Å². The van der Waals surface area contributed by atoms with E-state index in [4.69, 9.17) is 5.11 Å². The maximum Gasteiger partial charge on any atom is 0.347 e. The van der Waals surface area contributed by atoms with Crippen LogP contribution in [0, 0.1) is 6.92 Å². The van der Waals surface area contributed by atoms with Gasteiger partial charge in [-0.3, -0.25) is 4.79 Å². The van der Waals surface area contributed by atoms with Crippen LogP contribution in [0.25, 0.3) is 0 Å². The molecule has 0 saturated carbocycles. The number of aryl methyl sites for hydroxylation is 1. The minimum atomic E-state index is -0.977. The molecule has 0 saturated heterocycles. The van der Waals surface area contributed by atoms with Gasteiger partial charge in [-0.2, -0.15) is 0 Å². The Bertz CT molecular complexity index is 443. The maximum atomic E-state index is 11.5. The Morgan fingerprint density at radius 1 is 1.44 bits per heavy atom. The second kappa shape index (κ2) is 6.46. The van der Waals surface area contributed by atoms with E-state index >= 15 is 0 Å². The molecular weight excluding hydrogens is 254 g/mol. The van der Waals surface area contributed by atoms with Crippen LogP contribution < -0.4 is 5.32 Å².